The third-order valence-electron chi connectivity index (χ3n) is 4.22. The Morgan fingerprint density at radius 1 is 0.960 bits per heavy atom. The van der Waals surface area contributed by atoms with Crippen LogP contribution in [0.3, 0.4) is 0 Å². The Morgan fingerprint density at radius 3 is 2.36 bits per heavy atom. The summed E-state index contributed by atoms with van der Waals surface area (Å²) in [4.78, 5) is 0.285. The summed E-state index contributed by atoms with van der Waals surface area (Å²) >= 11 is 0. The lowest BCUT2D eigenvalue weighted by molar-refractivity contribution is 0.593. The number of rotatable bonds is 5. The highest BCUT2D eigenvalue weighted by atomic mass is 32.2. The summed E-state index contributed by atoms with van der Waals surface area (Å²) in [7, 11) is -3.68. The highest BCUT2D eigenvalue weighted by Crippen LogP contribution is 2.29. The molecule has 3 nitrogen and oxygen atoms in total. The fourth-order valence-corrected chi connectivity index (χ4v) is 4.52. The van der Waals surface area contributed by atoms with Crippen molar-refractivity contribution in [2.24, 2.45) is 0 Å². The molecule has 3 aromatic carbocycles. The van der Waals surface area contributed by atoms with E-state index in [-0.39, 0.29) is 11.4 Å². The molecule has 3 aromatic rings. The van der Waals surface area contributed by atoms with Crippen molar-refractivity contribution in [1.29, 1.82) is 0 Å². The molecule has 0 aliphatic carbocycles. The molecule has 4 heteroatoms. The first kappa shape index (κ1) is 17.2. The van der Waals surface area contributed by atoms with Crippen LogP contribution in [0.2, 0.25) is 0 Å². The predicted molar refractivity (Wildman–Crippen MR) is 105 cm³/mol. The zero-order valence-electron chi connectivity index (χ0n) is 14.4. The number of benzene rings is 3. The summed E-state index contributed by atoms with van der Waals surface area (Å²) in [6.45, 7) is 7.86. The number of anilines is 1. The van der Waals surface area contributed by atoms with Crippen LogP contribution < -0.4 is 4.31 Å². The molecule has 0 aromatic heterocycles. The average molecular weight is 351 g/mol. The lowest BCUT2D eigenvalue weighted by atomic mass is 10.1. The lowest BCUT2D eigenvalue weighted by Crippen LogP contribution is -2.31. The van der Waals surface area contributed by atoms with E-state index in [4.69, 9.17) is 0 Å². The zero-order valence-corrected chi connectivity index (χ0v) is 15.3. The fourth-order valence-electron chi connectivity index (χ4n) is 2.98. The number of hydrogen-bond acceptors (Lipinski definition) is 2. The number of nitrogens with zero attached hydrogens (tertiary/aromatic N) is 1. The van der Waals surface area contributed by atoms with Gasteiger partial charge in [-0.15, -0.1) is 6.58 Å². The van der Waals surface area contributed by atoms with E-state index in [2.05, 4.69) is 6.58 Å². The predicted octanol–water partition coefficient (Wildman–Crippen LogP) is 4.84. The molecule has 3 rings (SSSR count). The summed E-state index contributed by atoms with van der Waals surface area (Å²) in [5.74, 6) is 0. The molecular formula is C21H21NO2S. The van der Waals surface area contributed by atoms with Crippen LogP contribution in [0, 0.1) is 13.8 Å². The topological polar surface area (TPSA) is 37.4 Å². The van der Waals surface area contributed by atoms with Crippen molar-refractivity contribution in [3.05, 3.63) is 84.4 Å². The molecule has 0 aliphatic rings. The second-order valence-electron chi connectivity index (χ2n) is 6.12. The van der Waals surface area contributed by atoms with Gasteiger partial charge in [0.15, 0.2) is 0 Å². The molecule has 128 valence electrons. The van der Waals surface area contributed by atoms with Crippen molar-refractivity contribution in [3.63, 3.8) is 0 Å². The minimum Gasteiger partial charge on any atom is -0.262 e. The first-order chi connectivity index (χ1) is 11.9. The van der Waals surface area contributed by atoms with E-state index in [1.54, 1.807) is 18.2 Å². The molecule has 0 radical (unpaired) electrons. The van der Waals surface area contributed by atoms with Gasteiger partial charge in [-0.05, 0) is 48.4 Å². The third kappa shape index (κ3) is 3.30. The van der Waals surface area contributed by atoms with Gasteiger partial charge in [-0.2, -0.15) is 0 Å². The molecular weight excluding hydrogens is 330 g/mol. The molecule has 0 heterocycles. The van der Waals surface area contributed by atoms with Gasteiger partial charge < -0.3 is 0 Å². The van der Waals surface area contributed by atoms with Gasteiger partial charge in [0.1, 0.15) is 0 Å². The van der Waals surface area contributed by atoms with Gasteiger partial charge in [-0.1, -0.05) is 54.1 Å². The van der Waals surface area contributed by atoms with Crippen molar-refractivity contribution in [3.8, 4) is 0 Å². The number of sulfonamides is 1. The van der Waals surface area contributed by atoms with Crippen LogP contribution in [-0.4, -0.2) is 15.0 Å². The molecule has 25 heavy (non-hydrogen) atoms. The van der Waals surface area contributed by atoms with Gasteiger partial charge in [-0.25, -0.2) is 8.42 Å². The maximum absolute atomic E-state index is 13.3. The SMILES string of the molecule is C=CCN(c1ccc(C)cc1C)S(=O)(=O)c1ccc2ccccc2c1. The molecule has 0 saturated carbocycles. The molecule has 0 bridgehead atoms. The van der Waals surface area contributed by atoms with Crippen LogP contribution in [0.1, 0.15) is 11.1 Å². The third-order valence-corrected chi connectivity index (χ3v) is 6.00. The van der Waals surface area contributed by atoms with Crippen molar-refractivity contribution < 1.29 is 8.42 Å². The van der Waals surface area contributed by atoms with E-state index in [9.17, 15) is 8.42 Å². The monoisotopic (exact) mass is 351 g/mol. The van der Waals surface area contributed by atoms with Crippen LogP contribution >= 0.6 is 0 Å². The summed E-state index contributed by atoms with van der Waals surface area (Å²) in [6.07, 6.45) is 1.61. The van der Waals surface area contributed by atoms with E-state index < -0.39 is 10.0 Å². The van der Waals surface area contributed by atoms with Crippen LogP contribution in [0.4, 0.5) is 5.69 Å². The maximum Gasteiger partial charge on any atom is 0.264 e. The van der Waals surface area contributed by atoms with Crippen molar-refractivity contribution >= 4 is 26.5 Å². The summed E-state index contributed by atoms with van der Waals surface area (Å²) in [5, 5.41) is 1.92. The van der Waals surface area contributed by atoms with Gasteiger partial charge in [0.25, 0.3) is 10.0 Å². The van der Waals surface area contributed by atoms with Gasteiger partial charge in [0.2, 0.25) is 0 Å². The molecule has 0 atom stereocenters. The molecule has 0 spiro atoms. The van der Waals surface area contributed by atoms with Gasteiger partial charge in [0, 0.05) is 0 Å². The largest absolute Gasteiger partial charge is 0.264 e. The van der Waals surface area contributed by atoms with Crippen molar-refractivity contribution in [1.82, 2.24) is 0 Å². The highest BCUT2D eigenvalue weighted by Gasteiger charge is 2.25. The maximum atomic E-state index is 13.3. The van der Waals surface area contributed by atoms with Gasteiger partial charge >= 0.3 is 0 Å². The number of hydrogen-bond donors (Lipinski definition) is 0. The molecule has 0 unspecified atom stereocenters. The Labute approximate surface area is 149 Å². The lowest BCUT2D eigenvalue weighted by Gasteiger charge is -2.25. The molecule has 0 aliphatic heterocycles. The van der Waals surface area contributed by atoms with E-state index in [0.717, 1.165) is 21.9 Å². The Hall–Kier alpha value is -2.59. The molecule has 0 N–H and O–H groups in total. The summed E-state index contributed by atoms with van der Waals surface area (Å²) in [6, 6.07) is 18.7. The Bertz CT molecular complexity index is 1040. The Morgan fingerprint density at radius 2 is 1.68 bits per heavy atom. The second-order valence-corrected chi connectivity index (χ2v) is 7.99. The average Bonchev–Trinajstić information content (AvgIpc) is 2.60. The fraction of sp³-hybridized carbons (Fsp3) is 0.143. The van der Waals surface area contributed by atoms with Crippen molar-refractivity contribution in [2.45, 2.75) is 18.7 Å². The second kappa shape index (κ2) is 6.73. The quantitative estimate of drug-likeness (QED) is 0.617. The molecule has 0 fully saturated rings. The van der Waals surface area contributed by atoms with E-state index >= 15 is 0 Å². The zero-order chi connectivity index (χ0) is 18.0. The number of aryl methyl sites for hydroxylation is 2. The van der Waals surface area contributed by atoms with Crippen molar-refractivity contribution in [2.75, 3.05) is 10.8 Å². The molecule has 0 saturated heterocycles. The minimum absolute atomic E-state index is 0.221. The standard InChI is InChI=1S/C21H21NO2S/c1-4-13-22(21-12-9-16(2)14-17(21)3)25(23,24)20-11-10-18-7-5-6-8-19(18)15-20/h4-12,14-15H,1,13H2,2-3H3. The highest BCUT2D eigenvalue weighted by molar-refractivity contribution is 7.92. The van der Waals surface area contributed by atoms with Gasteiger partial charge in [-0.3, -0.25) is 4.31 Å². The minimum atomic E-state index is -3.68. The van der Waals surface area contributed by atoms with E-state index in [0.29, 0.717) is 5.69 Å². The smallest absolute Gasteiger partial charge is 0.262 e. The van der Waals surface area contributed by atoms with Crippen LogP contribution in [0.15, 0.2) is 78.2 Å². The van der Waals surface area contributed by atoms with E-state index in [1.165, 1.54) is 4.31 Å². The Kier molecular flexibility index (Phi) is 4.64. The Balaban J connectivity index is 2.14. The van der Waals surface area contributed by atoms with E-state index in [1.807, 2.05) is 62.4 Å². The first-order valence-corrected chi connectivity index (χ1v) is 9.57. The van der Waals surface area contributed by atoms with Crippen LogP contribution in [0.25, 0.3) is 10.8 Å². The number of fused-ring (bicyclic) bond motifs is 1. The first-order valence-electron chi connectivity index (χ1n) is 8.13. The summed E-state index contributed by atoms with van der Waals surface area (Å²) in [5.41, 5.74) is 2.70. The normalized spacial score (nSPS) is 11.4. The van der Waals surface area contributed by atoms with Crippen LogP contribution in [0.5, 0.6) is 0 Å². The molecule has 0 amide bonds. The van der Waals surface area contributed by atoms with Gasteiger partial charge in [0.05, 0.1) is 17.1 Å². The summed E-state index contributed by atoms with van der Waals surface area (Å²) < 4.78 is 28.0. The van der Waals surface area contributed by atoms with Crippen LogP contribution in [-0.2, 0) is 10.0 Å².